The molecule has 0 spiro atoms. The average Bonchev–Trinajstić information content (AvgIpc) is 2.46. The van der Waals surface area contributed by atoms with Crippen molar-refractivity contribution in [1.82, 2.24) is 10.0 Å². The van der Waals surface area contributed by atoms with E-state index < -0.39 is 17.3 Å². The number of carbonyl (C=O) groups excluding carboxylic acids is 1. The number of amides is 2. The maximum absolute atomic E-state index is 11.7. The molecule has 0 aromatic carbocycles. The Hall–Kier alpha value is -0.620. The van der Waals surface area contributed by atoms with Gasteiger partial charge in [0.1, 0.15) is 0 Å². The number of nitrogens with one attached hydrogen (secondary N) is 2. The van der Waals surface area contributed by atoms with Gasteiger partial charge in [0.2, 0.25) is 0 Å². The van der Waals surface area contributed by atoms with Gasteiger partial charge in [-0.3, -0.25) is 8.93 Å². The lowest BCUT2D eigenvalue weighted by Gasteiger charge is -2.31. The SMILES string of the molecule is CCCCCCCC(C)(CCCCCCC)NC(=O)NS(=O)[O-]. The molecule has 0 radical (unpaired) electrons. The highest BCUT2D eigenvalue weighted by atomic mass is 32.2. The van der Waals surface area contributed by atoms with E-state index in [1.54, 1.807) is 0 Å². The second kappa shape index (κ2) is 13.8. The van der Waals surface area contributed by atoms with Gasteiger partial charge in [-0.25, -0.2) is 4.79 Å². The van der Waals surface area contributed by atoms with E-state index in [4.69, 9.17) is 0 Å². The first-order valence-corrected chi connectivity index (χ1v) is 10.2. The van der Waals surface area contributed by atoms with E-state index in [9.17, 15) is 13.6 Å². The highest BCUT2D eigenvalue weighted by molar-refractivity contribution is 7.77. The second-order valence-electron chi connectivity index (χ2n) is 6.68. The molecule has 0 aromatic heterocycles. The van der Waals surface area contributed by atoms with E-state index >= 15 is 0 Å². The molecule has 0 rings (SSSR count). The zero-order chi connectivity index (χ0) is 17.6. The molecule has 0 aromatic rings. The summed E-state index contributed by atoms with van der Waals surface area (Å²) in [7, 11) is 0. The summed E-state index contributed by atoms with van der Waals surface area (Å²) in [6.07, 6.45) is 13.6. The molecule has 1 unspecified atom stereocenters. The normalized spacial score (nSPS) is 12.9. The van der Waals surface area contributed by atoms with Gasteiger partial charge < -0.3 is 9.87 Å². The van der Waals surface area contributed by atoms with Gasteiger partial charge in [-0.15, -0.1) is 0 Å². The predicted molar refractivity (Wildman–Crippen MR) is 95.7 cm³/mol. The highest BCUT2D eigenvalue weighted by Crippen LogP contribution is 2.23. The van der Waals surface area contributed by atoms with Crippen molar-refractivity contribution < 1.29 is 13.6 Å². The number of unbranched alkanes of at least 4 members (excludes halogenated alkanes) is 8. The largest absolute Gasteiger partial charge is 0.755 e. The van der Waals surface area contributed by atoms with Crippen LogP contribution in [0.5, 0.6) is 0 Å². The molecule has 0 aliphatic rings. The lowest BCUT2D eigenvalue weighted by atomic mass is 9.88. The zero-order valence-corrected chi connectivity index (χ0v) is 15.9. The summed E-state index contributed by atoms with van der Waals surface area (Å²) in [5, 5.41) is 2.86. The van der Waals surface area contributed by atoms with E-state index in [1.165, 1.54) is 38.5 Å². The van der Waals surface area contributed by atoms with Gasteiger partial charge in [0.15, 0.2) is 0 Å². The Morgan fingerprint density at radius 1 is 0.913 bits per heavy atom. The molecule has 23 heavy (non-hydrogen) atoms. The third kappa shape index (κ3) is 13.5. The summed E-state index contributed by atoms with van der Waals surface area (Å²) in [6.45, 7) is 6.41. The minimum atomic E-state index is -2.56. The Kier molecular flexibility index (Phi) is 13.4. The minimum absolute atomic E-state index is 0.331. The van der Waals surface area contributed by atoms with Gasteiger partial charge >= 0.3 is 6.03 Å². The fraction of sp³-hybridized carbons (Fsp3) is 0.941. The number of hydrogen-bond donors (Lipinski definition) is 2. The van der Waals surface area contributed by atoms with Gasteiger partial charge in [0, 0.05) is 16.8 Å². The molecular formula is C17H35N2O3S-. The third-order valence-electron chi connectivity index (χ3n) is 4.26. The first-order chi connectivity index (χ1) is 10.9. The van der Waals surface area contributed by atoms with Gasteiger partial charge in [-0.2, -0.15) is 0 Å². The summed E-state index contributed by atoms with van der Waals surface area (Å²) < 4.78 is 23.1. The van der Waals surface area contributed by atoms with Gasteiger partial charge in [-0.05, 0) is 19.8 Å². The molecule has 2 amide bonds. The maximum atomic E-state index is 11.7. The summed E-state index contributed by atoms with van der Waals surface area (Å²) in [4.78, 5) is 11.7. The fourth-order valence-corrected chi connectivity index (χ4v) is 3.07. The van der Waals surface area contributed by atoms with Crippen molar-refractivity contribution in [3.8, 4) is 0 Å². The van der Waals surface area contributed by atoms with Crippen molar-refractivity contribution in [3.05, 3.63) is 0 Å². The number of carbonyl (C=O) groups is 1. The van der Waals surface area contributed by atoms with Crippen LogP contribution >= 0.6 is 0 Å². The summed E-state index contributed by atoms with van der Waals surface area (Å²) >= 11 is -2.56. The third-order valence-corrected chi connectivity index (χ3v) is 4.61. The zero-order valence-electron chi connectivity index (χ0n) is 15.1. The van der Waals surface area contributed by atoms with E-state index in [-0.39, 0.29) is 5.54 Å². The Labute approximate surface area is 144 Å². The number of hydrogen-bond acceptors (Lipinski definition) is 3. The quantitative estimate of drug-likeness (QED) is 0.357. The van der Waals surface area contributed by atoms with Crippen LogP contribution in [-0.2, 0) is 11.3 Å². The van der Waals surface area contributed by atoms with E-state index in [1.807, 2.05) is 11.6 Å². The maximum Gasteiger partial charge on any atom is 0.326 e. The van der Waals surface area contributed by atoms with Crippen molar-refractivity contribution in [3.63, 3.8) is 0 Å². The lowest BCUT2D eigenvalue weighted by Crippen LogP contribution is -2.50. The van der Waals surface area contributed by atoms with Crippen LogP contribution in [0, 0.1) is 0 Å². The molecule has 2 N–H and O–H groups in total. The average molecular weight is 348 g/mol. The standard InChI is InChI=1S/C17H36N2O3S/c1-4-6-8-10-12-14-17(3,15-13-11-9-7-5-2)18-16(20)19-23(21)22/h4-15H2,1-3H3,(H,21,22)(H2,18,19,20)/p-1. The van der Waals surface area contributed by atoms with E-state index in [2.05, 4.69) is 19.2 Å². The summed E-state index contributed by atoms with van der Waals surface area (Å²) in [5.41, 5.74) is -0.331. The molecule has 0 bridgehead atoms. The molecule has 0 saturated heterocycles. The molecule has 0 aliphatic carbocycles. The van der Waals surface area contributed by atoms with Gasteiger partial charge in [-0.1, -0.05) is 78.1 Å². The van der Waals surface area contributed by atoms with E-state index in [0.717, 1.165) is 38.5 Å². The Balaban J connectivity index is 4.32. The predicted octanol–water partition coefficient (Wildman–Crippen LogP) is 4.56. The molecule has 5 nitrogen and oxygen atoms in total. The molecule has 138 valence electrons. The van der Waals surface area contributed by atoms with Crippen LogP contribution < -0.4 is 10.0 Å². The monoisotopic (exact) mass is 347 g/mol. The smallest absolute Gasteiger partial charge is 0.326 e. The Morgan fingerprint density at radius 2 is 1.35 bits per heavy atom. The highest BCUT2D eigenvalue weighted by Gasteiger charge is 2.25. The fourth-order valence-electron chi connectivity index (χ4n) is 2.86. The molecule has 0 aliphatic heterocycles. The van der Waals surface area contributed by atoms with Gasteiger partial charge in [0.25, 0.3) is 0 Å². The molecular weight excluding hydrogens is 312 g/mol. The lowest BCUT2D eigenvalue weighted by molar-refractivity contribution is 0.223. The number of urea groups is 1. The van der Waals surface area contributed by atoms with Crippen LogP contribution in [-0.4, -0.2) is 20.3 Å². The van der Waals surface area contributed by atoms with Crippen LogP contribution in [0.25, 0.3) is 0 Å². The summed E-state index contributed by atoms with van der Waals surface area (Å²) in [5.74, 6) is 0. The van der Waals surface area contributed by atoms with Crippen molar-refractivity contribution in [2.75, 3.05) is 0 Å². The topological polar surface area (TPSA) is 81.3 Å². The second-order valence-corrected chi connectivity index (χ2v) is 7.35. The Bertz CT molecular complexity index is 324. The molecule has 6 heteroatoms. The van der Waals surface area contributed by atoms with Crippen LogP contribution in [0.3, 0.4) is 0 Å². The molecule has 0 fully saturated rings. The van der Waals surface area contributed by atoms with E-state index in [0.29, 0.717) is 0 Å². The van der Waals surface area contributed by atoms with Crippen LogP contribution in [0.4, 0.5) is 4.79 Å². The van der Waals surface area contributed by atoms with Gasteiger partial charge in [0.05, 0.1) is 0 Å². The van der Waals surface area contributed by atoms with Crippen molar-refractivity contribution in [2.45, 2.75) is 103 Å². The molecule has 0 saturated carbocycles. The van der Waals surface area contributed by atoms with Crippen molar-refractivity contribution >= 4 is 17.3 Å². The number of rotatable bonds is 14. The van der Waals surface area contributed by atoms with Crippen molar-refractivity contribution in [2.24, 2.45) is 0 Å². The molecule has 0 heterocycles. The van der Waals surface area contributed by atoms with Crippen LogP contribution in [0.15, 0.2) is 0 Å². The first kappa shape index (κ1) is 22.4. The first-order valence-electron chi connectivity index (χ1n) is 9.11. The molecule has 1 atom stereocenters. The Morgan fingerprint density at radius 3 is 1.74 bits per heavy atom. The summed E-state index contributed by atoms with van der Waals surface area (Å²) in [6, 6.07) is -0.622. The minimum Gasteiger partial charge on any atom is -0.755 e. The van der Waals surface area contributed by atoms with Crippen LogP contribution in [0.1, 0.15) is 97.8 Å². The van der Waals surface area contributed by atoms with Crippen LogP contribution in [0.2, 0.25) is 0 Å². The van der Waals surface area contributed by atoms with Crippen molar-refractivity contribution in [1.29, 1.82) is 0 Å².